The Morgan fingerprint density at radius 1 is 1.16 bits per heavy atom. The Hall–Kier alpha value is -2.31. The first-order chi connectivity index (χ1) is 12.0. The highest BCUT2D eigenvalue weighted by Crippen LogP contribution is 2.31. The number of aliphatic hydroxyl groups is 1. The highest BCUT2D eigenvalue weighted by Gasteiger charge is 2.27. The van der Waals surface area contributed by atoms with Gasteiger partial charge in [0.25, 0.3) is 5.69 Å². The molecular weight excluding hydrogens is 323 g/mol. The van der Waals surface area contributed by atoms with Crippen LogP contribution < -0.4 is 0 Å². The Bertz CT molecular complexity index is 728. The maximum atomic E-state index is 13.0. The highest BCUT2D eigenvalue weighted by atomic mass is 19.1. The standard InChI is InChI=1S/C19H21FN2O3/c20-17-7-5-14(6-8-17)19(23)15-9-11-21(12-10-15)13-16-3-1-2-4-18(16)22(24)25/h1-8,15,19,23H,9-13H2. The van der Waals surface area contributed by atoms with Crippen LogP contribution in [0.5, 0.6) is 0 Å². The SMILES string of the molecule is O=[N+]([O-])c1ccccc1CN1CCC(C(O)c2ccc(F)cc2)CC1. The second-order valence-electron chi connectivity index (χ2n) is 6.50. The average molecular weight is 344 g/mol. The van der Waals surface area contributed by atoms with Crippen LogP contribution in [0.4, 0.5) is 10.1 Å². The van der Waals surface area contributed by atoms with Crippen LogP contribution in [0.25, 0.3) is 0 Å². The van der Waals surface area contributed by atoms with E-state index in [0.717, 1.165) is 31.5 Å². The van der Waals surface area contributed by atoms with Crippen LogP contribution >= 0.6 is 0 Å². The van der Waals surface area contributed by atoms with Gasteiger partial charge in [-0.25, -0.2) is 4.39 Å². The number of nitrogens with zero attached hydrogens (tertiary/aromatic N) is 2. The summed E-state index contributed by atoms with van der Waals surface area (Å²) in [5.74, 6) is -0.192. The molecule has 1 N–H and O–H groups in total. The van der Waals surface area contributed by atoms with Crippen molar-refractivity contribution in [2.24, 2.45) is 5.92 Å². The average Bonchev–Trinajstić information content (AvgIpc) is 2.63. The molecule has 2 aromatic carbocycles. The van der Waals surface area contributed by atoms with Crippen LogP contribution in [-0.4, -0.2) is 28.0 Å². The minimum atomic E-state index is -0.603. The summed E-state index contributed by atoms with van der Waals surface area (Å²) in [5, 5.41) is 21.6. The van der Waals surface area contributed by atoms with E-state index in [1.165, 1.54) is 18.2 Å². The first-order valence-electron chi connectivity index (χ1n) is 8.43. The van der Waals surface area contributed by atoms with E-state index < -0.39 is 6.10 Å². The van der Waals surface area contributed by atoms with Crippen molar-refractivity contribution in [3.05, 3.63) is 75.6 Å². The number of piperidine rings is 1. The van der Waals surface area contributed by atoms with Gasteiger partial charge in [0, 0.05) is 18.2 Å². The minimum absolute atomic E-state index is 0.118. The second-order valence-corrected chi connectivity index (χ2v) is 6.50. The molecule has 2 aromatic rings. The Kier molecular flexibility index (Phi) is 5.40. The molecule has 1 atom stereocenters. The van der Waals surface area contributed by atoms with E-state index >= 15 is 0 Å². The van der Waals surface area contributed by atoms with Crippen molar-refractivity contribution >= 4 is 5.69 Å². The van der Waals surface area contributed by atoms with E-state index in [1.54, 1.807) is 24.3 Å². The van der Waals surface area contributed by atoms with Crippen LogP contribution in [-0.2, 0) is 6.54 Å². The first-order valence-corrected chi connectivity index (χ1v) is 8.43. The van der Waals surface area contributed by atoms with E-state index in [2.05, 4.69) is 4.90 Å². The van der Waals surface area contributed by atoms with Gasteiger partial charge in [-0.2, -0.15) is 0 Å². The zero-order valence-corrected chi connectivity index (χ0v) is 13.8. The molecule has 0 spiro atoms. The number of hydrogen-bond acceptors (Lipinski definition) is 4. The second kappa shape index (κ2) is 7.72. The van der Waals surface area contributed by atoms with Crippen molar-refractivity contribution in [1.82, 2.24) is 4.90 Å². The maximum absolute atomic E-state index is 13.0. The van der Waals surface area contributed by atoms with E-state index in [0.29, 0.717) is 12.1 Å². The molecule has 1 saturated heterocycles. The largest absolute Gasteiger partial charge is 0.388 e. The van der Waals surface area contributed by atoms with Crippen molar-refractivity contribution in [2.75, 3.05) is 13.1 Å². The molecule has 25 heavy (non-hydrogen) atoms. The molecule has 0 bridgehead atoms. The molecule has 1 fully saturated rings. The quantitative estimate of drug-likeness (QED) is 0.664. The third-order valence-corrected chi connectivity index (χ3v) is 4.87. The zero-order chi connectivity index (χ0) is 17.8. The number of aliphatic hydroxyl groups excluding tert-OH is 1. The number of halogens is 1. The molecule has 1 unspecified atom stereocenters. The lowest BCUT2D eigenvalue weighted by atomic mass is 9.87. The number of benzene rings is 2. The van der Waals surface area contributed by atoms with Gasteiger partial charge in [0.15, 0.2) is 0 Å². The van der Waals surface area contributed by atoms with Crippen LogP contribution in [0, 0.1) is 21.8 Å². The van der Waals surface area contributed by atoms with Gasteiger partial charge in [-0.15, -0.1) is 0 Å². The van der Waals surface area contributed by atoms with Gasteiger partial charge in [-0.1, -0.05) is 30.3 Å². The van der Waals surface area contributed by atoms with Crippen LogP contribution in [0.1, 0.15) is 30.1 Å². The summed E-state index contributed by atoms with van der Waals surface area (Å²) < 4.78 is 13.0. The van der Waals surface area contributed by atoms with Crippen molar-refractivity contribution in [2.45, 2.75) is 25.5 Å². The van der Waals surface area contributed by atoms with Crippen molar-refractivity contribution < 1.29 is 14.4 Å². The van der Waals surface area contributed by atoms with Gasteiger partial charge in [-0.3, -0.25) is 15.0 Å². The maximum Gasteiger partial charge on any atom is 0.273 e. The lowest BCUT2D eigenvalue weighted by Gasteiger charge is -2.34. The Morgan fingerprint density at radius 2 is 1.80 bits per heavy atom. The molecular formula is C19H21FN2O3. The number of hydrogen-bond donors (Lipinski definition) is 1. The van der Waals surface area contributed by atoms with Gasteiger partial charge < -0.3 is 5.11 Å². The summed E-state index contributed by atoms with van der Waals surface area (Å²) in [4.78, 5) is 12.9. The lowest BCUT2D eigenvalue weighted by molar-refractivity contribution is -0.385. The van der Waals surface area contributed by atoms with E-state index in [9.17, 15) is 19.6 Å². The molecule has 132 valence electrons. The van der Waals surface area contributed by atoms with Gasteiger partial charge in [0.1, 0.15) is 5.82 Å². The molecule has 0 aromatic heterocycles. The molecule has 3 rings (SSSR count). The van der Waals surface area contributed by atoms with E-state index in [-0.39, 0.29) is 22.3 Å². The molecule has 0 aliphatic carbocycles. The van der Waals surface area contributed by atoms with Crippen LogP contribution in [0.2, 0.25) is 0 Å². The molecule has 1 heterocycles. The number of nitro benzene ring substituents is 1. The van der Waals surface area contributed by atoms with Crippen molar-refractivity contribution in [1.29, 1.82) is 0 Å². The van der Waals surface area contributed by atoms with Gasteiger partial charge in [0.05, 0.1) is 11.0 Å². The van der Waals surface area contributed by atoms with Gasteiger partial charge in [-0.05, 0) is 49.5 Å². The number of likely N-dealkylation sites (tertiary alicyclic amines) is 1. The number of nitro groups is 1. The number of para-hydroxylation sites is 1. The summed E-state index contributed by atoms with van der Waals surface area (Å²) in [6.07, 6.45) is 1.01. The predicted molar refractivity (Wildman–Crippen MR) is 92.5 cm³/mol. The van der Waals surface area contributed by atoms with E-state index in [1.807, 2.05) is 6.07 Å². The van der Waals surface area contributed by atoms with Gasteiger partial charge >= 0.3 is 0 Å². The molecule has 1 aliphatic rings. The Morgan fingerprint density at radius 3 is 2.44 bits per heavy atom. The number of rotatable bonds is 5. The third-order valence-electron chi connectivity index (χ3n) is 4.87. The topological polar surface area (TPSA) is 66.6 Å². The fourth-order valence-corrected chi connectivity index (χ4v) is 3.42. The monoisotopic (exact) mass is 344 g/mol. The summed E-state index contributed by atoms with van der Waals surface area (Å²) in [7, 11) is 0. The summed E-state index contributed by atoms with van der Waals surface area (Å²) >= 11 is 0. The molecule has 5 nitrogen and oxygen atoms in total. The van der Waals surface area contributed by atoms with Crippen LogP contribution in [0.15, 0.2) is 48.5 Å². The fraction of sp³-hybridized carbons (Fsp3) is 0.368. The van der Waals surface area contributed by atoms with Crippen LogP contribution in [0.3, 0.4) is 0 Å². The smallest absolute Gasteiger partial charge is 0.273 e. The Labute approximate surface area is 145 Å². The Balaban J connectivity index is 1.59. The molecule has 6 heteroatoms. The summed E-state index contributed by atoms with van der Waals surface area (Å²) in [6, 6.07) is 12.8. The third kappa shape index (κ3) is 4.21. The molecule has 0 amide bonds. The lowest BCUT2D eigenvalue weighted by Crippen LogP contribution is -2.35. The zero-order valence-electron chi connectivity index (χ0n) is 13.8. The fourth-order valence-electron chi connectivity index (χ4n) is 3.42. The first kappa shape index (κ1) is 17.5. The highest BCUT2D eigenvalue weighted by molar-refractivity contribution is 5.39. The summed E-state index contributed by atoms with van der Waals surface area (Å²) in [6.45, 7) is 2.08. The predicted octanol–water partition coefficient (Wildman–Crippen LogP) is 3.68. The molecule has 0 radical (unpaired) electrons. The van der Waals surface area contributed by atoms with Crippen molar-refractivity contribution in [3.63, 3.8) is 0 Å². The summed E-state index contributed by atoms with van der Waals surface area (Å²) in [5.41, 5.74) is 1.60. The minimum Gasteiger partial charge on any atom is -0.388 e. The van der Waals surface area contributed by atoms with E-state index in [4.69, 9.17) is 0 Å². The normalized spacial score (nSPS) is 17.4. The van der Waals surface area contributed by atoms with Gasteiger partial charge in [0.2, 0.25) is 0 Å². The molecule has 0 saturated carbocycles. The van der Waals surface area contributed by atoms with Crippen molar-refractivity contribution in [3.8, 4) is 0 Å². The molecule has 1 aliphatic heterocycles.